The van der Waals surface area contributed by atoms with Crippen LogP contribution < -0.4 is 0 Å². The van der Waals surface area contributed by atoms with Gasteiger partial charge in [0.15, 0.2) is 0 Å². The van der Waals surface area contributed by atoms with Crippen molar-refractivity contribution in [1.82, 2.24) is 4.37 Å². The molecule has 0 saturated carbocycles. The van der Waals surface area contributed by atoms with Crippen molar-refractivity contribution in [2.24, 2.45) is 0 Å². The molecule has 0 saturated heterocycles. The van der Waals surface area contributed by atoms with Gasteiger partial charge in [0, 0.05) is 22.0 Å². The fourth-order valence-corrected chi connectivity index (χ4v) is 4.77. The molecule has 0 radical (unpaired) electrons. The number of carbonyl (C=O) groups excluding carboxylic acids is 1. The number of halogens is 1. The summed E-state index contributed by atoms with van der Waals surface area (Å²) in [6, 6.07) is 10.3. The van der Waals surface area contributed by atoms with E-state index in [-0.39, 0.29) is 11.5 Å². The van der Waals surface area contributed by atoms with Crippen LogP contribution in [-0.4, -0.2) is 20.7 Å². The van der Waals surface area contributed by atoms with Gasteiger partial charge in [-0.2, -0.15) is 9.64 Å². The molecule has 0 bridgehead atoms. The average molecular weight is 429 g/mol. The third-order valence-electron chi connectivity index (χ3n) is 4.12. The minimum absolute atomic E-state index is 0.00600. The molecule has 1 aromatic heterocycles. The zero-order chi connectivity index (χ0) is 21.4. The first-order chi connectivity index (χ1) is 13.5. The topological polar surface area (TPSA) is 63.0 Å². The first-order valence-electron chi connectivity index (χ1n) is 9.02. The van der Waals surface area contributed by atoms with Crippen LogP contribution >= 0.6 is 23.3 Å². The van der Waals surface area contributed by atoms with Gasteiger partial charge in [0.05, 0.1) is 10.3 Å². The Morgan fingerprint density at radius 3 is 2.55 bits per heavy atom. The van der Waals surface area contributed by atoms with Gasteiger partial charge in [0.25, 0.3) is 0 Å². The maximum atomic E-state index is 14.3. The summed E-state index contributed by atoms with van der Waals surface area (Å²) >= 11 is 2.68. The minimum Gasteiger partial charge on any atom is -0.459 e. The summed E-state index contributed by atoms with van der Waals surface area (Å²) in [5, 5.41) is 9.97. The second kappa shape index (κ2) is 7.77. The zero-order valence-corrected chi connectivity index (χ0v) is 18.5. The van der Waals surface area contributed by atoms with Crippen LogP contribution in [0, 0.1) is 17.1 Å². The lowest BCUT2D eigenvalue weighted by molar-refractivity contribution is -0.156. The molecule has 1 heterocycles. The normalized spacial score (nSPS) is 12.0. The Morgan fingerprint density at radius 1 is 1.21 bits per heavy atom. The van der Waals surface area contributed by atoms with Gasteiger partial charge in [0.1, 0.15) is 22.2 Å². The second-order valence-electron chi connectivity index (χ2n) is 8.10. The van der Waals surface area contributed by atoms with Gasteiger partial charge in [-0.15, -0.1) is 11.8 Å². The number of nitriles is 1. The highest BCUT2D eigenvalue weighted by Gasteiger charge is 2.34. The minimum atomic E-state index is -0.856. The molecule has 0 amide bonds. The smallest absolute Gasteiger partial charge is 0.322 e. The van der Waals surface area contributed by atoms with Crippen LogP contribution in [0.3, 0.4) is 0 Å². The molecule has 0 N–H and O–H groups in total. The molecule has 0 spiro atoms. The number of benzene rings is 2. The summed E-state index contributed by atoms with van der Waals surface area (Å²) in [6.45, 7) is 9.12. The van der Waals surface area contributed by atoms with Crippen molar-refractivity contribution in [3.63, 3.8) is 0 Å². The molecule has 4 nitrogen and oxygen atoms in total. The number of aromatic nitrogens is 1. The molecular weight excluding hydrogens is 407 g/mol. The van der Waals surface area contributed by atoms with Crippen LogP contribution in [0.15, 0.2) is 41.4 Å². The maximum absolute atomic E-state index is 14.3. The number of thioether (sulfide) groups is 1. The Kier molecular flexibility index (Phi) is 5.70. The highest BCUT2D eigenvalue weighted by atomic mass is 32.2. The number of hydrogen-bond donors (Lipinski definition) is 0. The third kappa shape index (κ3) is 4.60. The molecule has 29 heavy (non-hydrogen) atoms. The van der Waals surface area contributed by atoms with Gasteiger partial charge < -0.3 is 4.74 Å². The van der Waals surface area contributed by atoms with Crippen molar-refractivity contribution in [3.8, 4) is 17.2 Å². The van der Waals surface area contributed by atoms with Crippen LogP contribution in [0.2, 0.25) is 0 Å². The molecule has 0 aliphatic rings. The molecule has 7 heteroatoms. The van der Waals surface area contributed by atoms with E-state index in [0.717, 1.165) is 20.5 Å². The van der Waals surface area contributed by atoms with Gasteiger partial charge in [-0.25, -0.2) is 4.39 Å². The van der Waals surface area contributed by atoms with E-state index in [9.17, 15) is 9.18 Å². The van der Waals surface area contributed by atoms with E-state index >= 15 is 0 Å². The number of carbonyl (C=O) groups is 1. The number of fused-ring (bicyclic) bond motifs is 1. The Labute approximate surface area is 177 Å². The number of nitrogens with zero attached hydrogens (tertiary/aromatic N) is 2. The zero-order valence-electron chi connectivity index (χ0n) is 16.9. The van der Waals surface area contributed by atoms with Crippen molar-refractivity contribution in [2.75, 3.05) is 0 Å². The quantitative estimate of drug-likeness (QED) is 0.366. The molecule has 0 atom stereocenters. The number of rotatable bonds is 4. The highest BCUT2D eigenvalue weighted by Crippen LogP contribution is 2.44. The Balaban J connectivity index is 2.10. The monoisotopic (exact) mass is 428 g/mol. The third-order valence-corrected chi connectivity index (χ3v) is 6.19. The predicted molar refractivity (Wildman–Crippen MR) is 116 cm³/mol. The van der Waals surface area contributed by atoms with Crippen LogP contribution in [0.25, 0.3) is 21.2 Å². The standard InChI is InChI=1S/C22H21FN2O2S2/c1-21(2,3)27-20(26)22(4,5)28-17-9-8-15-12-25-29-19(15)18(17)13-6-7-14(11-24)16(23)10-13/h6-10,12H,1-5H3. The maximum Gasteiger partial charge on any atom is 0.322 e. The van der Waals surface area contributed by atoms with Crippen LogP contribution in [0.1, 0.15) is 40.2 Å². The number of esters is 1. The summed E-state index contributed by atoms with van der Waals surface area (Å²) in [6.07, 6.45) is 1.76. The molecule has 3 rings (SSSR count). The molecule has 0 aliphatic carbocycles. The first kappa shape index (κ1) is 21.3. The van der Waals surface area contributed by atoms with Crippen LogP contribution in [0.4, 0.5) is 4.39 Å². The summed E-state index contributed by atoms with van der Waals surface area (Å²) < 4.78 is 24.2. The molecule has 0 unspecified atom stereocenters. The van der Waals surface area contributed by atoms with E-state index in [4.69, 9.17) is 10.00 Å². The first-order valence-corrected chi connectivity index (χ1v) is 10.6. The predicted octanol–water partition coefficient (Wildman–Crippen LogP) is 6.19. The van der Waals surface area contributed by atoms with E-state index < -0.39 is 16.2 Å². The van der Waals surface area contributed by atoms with Gasteiger partial charge in [0.2, 0.25) is 0 Å². The van der Waals surface area contributed by atoms with Gasteiger partial charge >= 0.3 is 5.97 Å². The summed E-state index contributed by atoms with van der Waals surface area (Å²) in [4.78, 5) is 13.6. The Bertz CT molecular complexity index is 1120. The summed E-state index contributed by atoms with van der Waals surface area (Å²) in [5.74, 6) is -0.898. The van der Waals surface area contributed by atoms with Crippen molar-refractivity contribution < 1.29 is 13.9 Å². The lowest BCUT2D eigenvalue weighted by atomic mass is 10.0. The number of ether oxygens (including phenoxy) is 1. The SMILES string of the molecule is CC(C)(C)OC(=O)C(C)(C)Sc1ccc2cnsc2c1-c1ccc(C#N)c(F)c1. The van der Waals surface area contributed by atoms with Gasteiger partial charge in [-0.05, 0) is 69.9 Å². The molecule has 2 aromatic carbocycles. The van der Waals surface area contributed by atoms with E-state index in [0.29, 0.717) is 5.56 Å². The van der Waals surface area contributed by atoms with Crippen molar-refractivity contribution in [2.45, 2.75) is 49.9 Å². The number of hydrogen-bond acceptors (Lipinski definition) is 6. The molecule has 150 valence electrons. The lowest BCUT2D eigenvalue weighted by Gasteiger charge is -2.28. The van der Waals surface area contributed by atoms with E-state index in [1.165, 1.54) is 35.4 Å². The van der Waals surface area contributed by atoms with Gasteiger partial charge in [-0.1, -0.05) is 12.1 Å². The fourth-order valence-electron chi connectivity index (χ4n) is 2.75. The molecule has 0 fully saturated rings. The van der Waals surface area contributed by atoms with Crippen molar-refractivity contribution in [3.05, 3.63) is 47.9 Å². The highest BCUT2D eigenvalue weighted by molar-refractivity contribution is 8.01. The van der Waals surface area contributed by atoms with Crippen LogP contribution in [0.5, 0.6) is 0 Å². The summed E-state index contributed by atoms with van der Waals surface area (Å²) in [5.41, 5.74) is 0.845. The summed E-state index contributed by atoms with van der Waals surface area (Å²) in [7, 11) is 0. The fraction of sp³-hybridized carbons (Fsp3) is 0.318. The largest absolute Gasteiger partial charge is 0.459 e. The van der Waals surface area contributed by atoms with E-state index in [2.05, 4.69) is 4.37 Å². The van der Waals surface area contributed by atoms with E-state index in [1.54, 1.807) is 12.3 Å². The van der Waals surface area contributed by atoms with E-state index in [1.807, 2.05) is 52.8 Å². The van der Waals surface area contributed by atoms with Crippen molar-refractivity contribution in [1.29, 1.82) is 5.26 Å². The lowest BCUT2D eigenvalue weighted by Crippen LogP contribution is -2.36. The average Bonchev–Trinajstić information content (AvgIpc) is 3.08. The molecule has 0 aliphatic heterocycles. The Morgan fingerprint density at radius 2 is 1.93 bits per heavy atom. The van der Waals surface area contributed by atoms with Crippen molar-refractivity contribution >= 4 is 39.3 Å². The van der Waals surface area contributed by atoms with Gasteiger partial charge in [-0.3, -0.25) is 4.79 Å². The molecular formula is C22H21FN2O2S2. The van der Waals surface area contributed by atoms with Crippen LogP contribution in [-0.2, 0) is 9.53 Å². The second-order valence-corrected chi connectivity index (χ2v) is 10.6. The molecule has 3 aromatic rings. The Hall–Kier alpha value is -2.43.